The quantitative estimate of drug-likeness (QED) is 0.802. The summed E-state index contributed by atoms with van der Waals surface area (Å²) >= 11 is 0. The van der Waals surface area contributed by atoms with Crippen molar-refractivity contribution in [1.82, 2.24) is 4.90 Å². The van der Waals surface area contributed by atoms with Gasteiger partial charge in [0.2, 0.25) is 0 Å². The van der Waals surface area contributed by atoms with E-state index in [0.717, 1.165) is 19.0 Å². The Balaban J connectivity index is 2.77. The van der Waals surface area contributed by atoms with Crippen molar-refractivity contribution in [2.45, 2.75) is 58.9 Å². The molecule has 2 unspecified atom stereocenters. The summed E-state index contributed by atoms with van der Waals surface area (Å²) in [5.74, 6) is 0.735. The Morgan fingerprint density at radius 3 is 2.38 bits per heavy atom. The van der Waals surface area contributed by atoms with Crippen molar-refractivity contribution >= 4 is 0 Å². The molecule has 16 heavy (non-hydrogen) atoms. The van der Waals surface area contributed by atoms with Crippen molar-refractivity contribution in [2.24, 2.45) is 17.1 Å². The van der Waals surface area contributed by atoms with E-state index in [1.165, 1.54) is 25.7 Å². The van der Waals surface area contributed by atoms with Gasteiger partial charge in [0.25, 0.3) is 0 Å². The van der Waals surface area contributed by atoms with Gasteiger partial charge in [0, 0.05) is 18.6 Å². The second-order valence-corrected chi connectivity index (χ2v) is 6.87. The zero-order chi connectivity index (χ0) is 12.4. The van der Waals surface area contributed by atoms with Crippen molar-refractivity contribution in [1.29, 1.82) is 0 Å². The van der Waals surface area contributed by atoms with Gasteiger partial charge in [0.1, 0.15) is 0 Å². The number of nitrogens with two attached hydrogens (primary N) is 1. The molecule has 1 aliphatic rings. The van der Waals surface area contributed by atoms with Crippen LogP contribution < -0.4 is 5.73 Å². The standard InChI is InChI=1S/C14H30N2/c1-12-8-6-7-9-14(12,10-15)16(5)11-13(2,3)4/h12H,6-11,15H2,1-5H3. The molecule has 0 spiro atoms. The number of hydrogen-bond acceptors (Lipinski definition) is 2. The molecule has 2 N–H and O–H groups in total. The molecule has 0 aromatic rings. The van der Waals surface area contributed by atoms with E-state index in [1.54, 1.807) is 0 Å². The van der Waals surface area contributed by atoms with E-state index in [2.05, 4.69) is 39.6 Å². The first-order valence-electron chi connectivity index (χ1n) is 6.73. The third-order valence-electron chi connectivity index (χ3n) is 4.24. The Hall–Kier alpha value is -0.0800. The van der Waals surface area contributed by atoms with Gasteiger partial charge in [-0.25, -0.2) is 0 Å². The summed E-state index contributed by atoms with van der Waals surface area (Å²) in [6.07, 6.45) is 5.34. The molecule has 1 fully saturated rings. The summed E-state index contributed by atoms with van der Waals surface area (Å²) in [6.45, 7) is 11.2. The Kier molecular flexibility index (Phi) is 4.42. The van der Waals surface area contributed by atoms with E-state index in [4.69, 9.17) is 5.73 Å². The zero-order valence-electron chi connectivity index (χ0n) is 11.8. The lowest BCUT2D eigenvalue weighted by atomic mass is 9.72. The van der Waals surface area contributed by atoms with E-state index in [1.807, 2.05) is 0 Å². The van der Waals surface area contributed by atoms with Crippen LogP contribution in [0.25, 0.3) is 0 Å². The molecule has 2 heteroatoms. The molecule has 1 rings (SSSR count). The van der Waals surface area contributed by atoms with E-state index in [9.17, 15) is 0 Å². The van der Waals surface area contributed by atoms with Crippen molar-refractivity contribution in [3.63, 3.8) is 0 Å². The Morgan fingerprint density at radius 2 is 1.94 bits per heavy atom. The van der Waals surface area contributed by atoms with Crippen LogP contribution in [0.1, 0.15) is 53.4 Å². The predicted octanol–water partition coefficient (Wildman–Crippen LogP) is 2.87. The first-order valence-corrected chi connectivity index (χ1v) is 6.73. The minimum absolute atomic E-state index is 0.255. The van der Waals surface area contributed by atoms with E-state index in [0.29, 0.717) is 5.41 Å². The van der Waals surface area contributed by atoms with Gasteiger partial charge in [-0.1, -0.05) is 40.5 Å². The van der Waals surface area contributed by atoms with Crippen LogP contribution in [0.4, 0.5) is 0 Å². The third kappa shape index (κ3) is 2.98. The van der Waals surface area contributed by atoms with Crippen LogP contribution in [-0.4, -0.2) is 30.6 Å². The van der Waals surface area contributed by atoms with E-state index in [-0.39, 0.29) is 5.54 Å². The smallest absolute Gasteiger partial charge is 0.0354 e. The summed E-state index contributed by atoms with van der Waals surface area (Å²) in [6, 6.07) is 0. The molecule has 0 radical (unpaired) electrons. The summed E-state index contributed by atoms with van der Waals surface area (Å²) in [7, 11) is 2.26. The minimum atomic E-state index is 0.255. The highest BCUT2D eigenvalue weighted by Gasteiger charge is 2.41. The molecule has 1 saturated carbocycles. The van der Waals surface area contributed by atoms with Gasteiger partial charge in [-0.2, -0.15) is 0 Å². The Bertz CT molecular complexity index is 219. The summed E-state index contributed by atoms with van der Waals surface area (Å²) in [5, 5.41) is 0. The first kappa shape index (κ1) is 14.0. The predicted molar refractivity (Wildman–Crippen MR) is 71.5 cm³/mol. The fourth-order valence-electron chi connectivity index (χ4n) is 3.29. The highest BCUT2D eigenvalue weighted by molar-refractivity contribution is 4.98. The van der Waals surface area contributed by atoms with Crippen molar-refractivity contribution in [2.75, 3.05) is 20.1 Å². The lowest BCUT2D eigenvalue weighted by Crippen LogP contribution is -2.59. The molecule has 0 aliphatic heterocycles. The van der Waals surface area contributed by atoms with Gasteiger partial charge >= 0.3 is 0 Å². The number of hydrogen-bond donors (Lipinski definition) is 1. The van der Waals surface area contributed by atoms with Gasteiger partial charge in [0.15, 0.2) is 0 Å². The Morgan fingerprint density at radius 1 is 1.31 bits per heavy atom. The first-order chi connectivity index (χ1) is 7.32. The molecule has 0 heterocycles. The van der Waals surface area contributed by atoms with Crippen LogP contribution in [0.3, 0.4) is 0 Å². The molecule has 0 aromatic heterocycles. The fourth-order valence-corrected chi connectivity index (χ4v) is 3.29. The fraction of sp³-hybridized carbons (Fsp3) is 1.00. The maximum Gasteiger partial charge on any atom is 0.0354 e. The van der Waals surface area contributed by atoms with Gasteiger partial charge in [-0.05, 0) is 31.2 Å². The molecule has 96 valence electrons. The van der Waals surface area contributed by atoms with Gasteiger partial charge in [0.05, 0.1) is 0 Å². The molecule has 2 nitrogen and oxygen atoms in total. The van der Waals surface area contributed by atoms with Gasteiger partial charge in [-0.3, -0.25) is 4.90 Å². The van der Waals surface area contributed by atoms with Crippen LogP contribution in [0, 0.1) is 11.3 Å². The largest absolute Gasteiger partial charge is 0.329 e. The number of nitrogens with zero attached hydrogens (tertiary/aromatic N) is 1. The molecular weight excluding hydrogens is 196 g/mol. The molecule has 0 bridgehead atoms. The molecule has 0 aromatic carbocycles. The summed E-state index contributed by atoms with van der Waals surface area (Å²) in [4.78, 5) is 2.54. The monoisotopic (exact) mass is 226 g/mol. The molecule has 0 amide bonds. The van der Waals surface area contributed by atoms with Crippen molar-refractivity contribution in [3.05, 3.63) is 0 Å². The zero-order valence-corrected chi connectivity index (χ0v) is 11.8. The summed E-state index contributed by atoms with van der Waals surface area (Å²) < 4.78 is 0. The van der Waals surface area contributed by atoms with Gasteiger partial charge in [-0.15, -0.1) is 0 Å². The Labute approximate surface area is 102 Å². The van der Waals surface area contributed by atoms with Crippen LogP contribution in [0.5, 0.6) is 0 Å². The summed E-state index contributed by atoms with van der Waals surface area (Å²) in [5.41, 5.74) is 6.72. The number of likely N-dealkylation sites (N-methyl/N-ethyl adjacent to an activating group) is 1. The molecule has 0 saturated heterocycles. The SMILES string of the molecule is CC1CCCCC1(CN)N(C)CC(C)(C)C. The van der Waals surface area contributed by atoms with Crippen LogP contribution >= 0.6 is 0 Å². The molecule has 1 aliphatic carbocycles. The van der Waals surface area contributed by atoms with Crippen LogP contribution in [0.2, 0.25) is 0 Å². The van der Waals surface area contributed by atoms with Gasteiger partial charge < -0.3 is 5.73 Å². The topological polar surface area (TPSA) is 29.3 Å². The lowest BCUT2D eigenvalue weighted by molar-refractivity contribution is 0.0125. The average Bonchev–Trinajstić information content (AvgIpc) is 2.16. The van der Waals surface area contributed by atoms with Crippen LogP contribution in [-0.2, 0) is 0 Å². The average molecular weight is 226 g/mol. The van der Waals surface area contributed by atoms with Crippen molar-refractivity contribution in [3.8, 4) is 0 Å². The minimum Gasteiger partial charge on any atom is -0.329 e. The highest BCUT2D eigenvalue weighted by Crippen LogP contribution is 2.38. The lowest BCUT2D eigenvalue weighted by Gasteiger charge is -2.50. The molecular formula is C14H30N2. The third-order valence-corrected chi connectivity index (χ3v) is 4.24. The molecule has 2 atom stereocenters. The maximum absolute atomic E-state index is 6.11. The second kappa shape index (κ2) is 5.05. The maximum atomic E-state index is 6.11. The number of rotatable bonds is 3. The van der Waals surface area contributed by atoms with E-state index >= 15 is 0 Å². The van der Waals surface area contributed by atoms with Crippen molar-refractivity contribution < 1.29 is 0 Å². The second-order valence-electron chi connectivity index (χ2n) is 6.87. The van der Waals surface area contributed by atoms with Crippen LogP contribution in [0.15, 0.2) is 0 Å². The highest BCUT2D eigenvalue weighted by atomic mass is 15.2. The normalized spacial score (nSPS) is 32.1. The van der Waals surface area contributed by atoms with E-state index < -0.39 is 0 Å².